The molecule has 11 nitrogen and oxygen atoms in total. The van der Waals surface area contributed by atoms with E-state index in [0.29, 0.717) is 32.2 Å². The zero-order valence-corrected chi connectivity index (χ0v) is 19.9. The summed E-state index contributed by atoms with van der Waals surface area (Å²) in [6.07, 6.45) is 1.35. The zero-order valence-electron chi connectivity index (χ0n) is 19.9. The number of carboxylic acid groups (broad SMARTS) is 2. The quantitative estimate of drug-likeness (QED) is 0.255. The second-order valence-corrected chi connectivity index (χ2v) is 9.13. The molecule has 5 atom stereocenters. The fourth-order valence-corrected chi connectivity index (χ4v) is 3.87. The average molecular weight is 471 g/mol. The number of aliphatic carboxylic acids is 2. The van der Waals surface area contributed by atoms with E-state index in [1.54, 1.807) is 13.8 Å². The molecule has 5 unspecified atom stereocenters. The van der Waals surface area contributed by atoms with Crippen molar-refractivity contribution in [3.8, 4) is 0 Å². The number of carboxylic acids is 2. The first-order chi connectivity index (χ1) is 15.4. The highest BCUT2D eigenvalue weighted by atomic mass is 16.4. The van der Waals surface area contributed by atoms with Gasteiger partial charge in [-0.3, -0.25) is 19.2 Å². The van der Waals surface area contributed by atoms with Crippen LogP contribution < -0.4 is 16.4 Å². The lowest BCUT2D eigenvalue weighted by Crippen LogP contribution is -2.57. The summed E-state index contributed by atoms with van der Waals surface area (Å²) in [6, 6.07) is -3.98. The van der Waals surface area contributed by atoms with Gasteiger partial charge in [-0.1, -0.05) is 34.1 Å². The number of carbonyl (C=O) groups is 5. The van der Waals surface area contributed by atoms with Crippen molar-refractivity contribution in [3.05, 3.63) is 0 Å². The lowest BCUT2D eigenvalue weighted by molar-refractivity contribution is -0.145. The normalized spacial score (nSPS) is 19.5. The van der Waals surface area contributed by atoms with Crippen molar-refractivity contribution < 1.29 is 34.2 Å². The Kier molecular flexibility index (Phi) is 11.3. The van der Waals surface area contributed by atoms with Gasteiger partial charge in [0.25, 0.3) is 0 Å². The van der Waals surface area contributed by atoms with Gasteiger partial charge in [0.1, 0.15) is 18.1 Å². The molecule has 1 heterocycles. The monoisotopic (exact) mass is 470 g/mol. The highest BCUT2D eigenvalue weighted by Crippen LogP contribution is 2.20. The topological polar surface area (TPSA) is 179 Å². The molecule has 0 aromatic rings. The van der Waals surface area contributed by atoms with E-state index >= 15 is 0 Å². The molecule has 1 saturated heterocycles. The summed E-state index contributed by atoms with van der Waals surface area (Å²) in [4.78, 5) is 62.6. The maximum absolute atomic E-state index is 13.0. The highest BCUT2D eigenvalue weighted by molar-refractivity contribution is 5.94. The van der Waals surface area contributed by atoms with E-state index in [9.17, 15) is 29.1 Å². The van der Waals surface area contributed by atoms with Crippen LogP contribution in [0.25, 0.3) is 0 Å². The number of rotatable bonds is 13. The fraction of sp³-hybridized carbons (Fsp3) is 0.773. The minimum atomic E-state index is -1.25. The van der Waals surface area contributed by atoms with Gasteiger partial charge in [-0.15, -0.1) is 0 Å². The van der Waals surface area contributed by atoms with Gasteiger partial charge in [-0.25, -0.2) is 4.79 Å². The number of hydrogen-bond donors (Lipinski definition) is 5. The number of likely N-dealkylation sites (tertiary alicyclic amines) is 1. The lowest BCUT2D eigenvalue weighted by Gasteiger charge is -2.29. The fourth-order valence-electron chi connectivity index (χ4n) is 3.87. The first-order valence-corrected chi connectivity index (χ1v) is 11.5. The molecule has 0 radical (unpaired) electrons. The van der Waals surface area contributed by atoms with Gasteiger partial charge in [-0.05, 0) is 37.5 Å². The molecule has 11 heteroatoms. The van der Waals surface area contributed by atoms with E-state index in [1.807, 2.05) is 13.8 Å². The predicted molar refractivity (Wildman–Crippen MR) is 120 cm³/mol. The molecule has 1 aliphatic rings. The van der Waals surface area contributed by atoms with Gasteiger partial charge in [-0.2, -0.15) is 0 Å². The van der Waals surface area contributed by atoms with Crippen LogP contribution in [0.15, 0.2) is 0 Å². The first-order valence-electron chi connectivity index (χ1n) is 11.5. The Morgan fingerprint density at radius 2 is 1.73 bits per heavy atom. The van der Waals surface area contributed by atoms with Crippen molar-refractivity contribution in [2.75, 3.05) is 6.54 Å². The molecule has 0 aromatic heterocycles. The smallest absolute Gasteiger partial charge is 0.326 e. The number of amides is 3. The Bertz CT molecular complexity index is 728. The molecule has 0 bridgehead atoms. The third kappa shape index (κ3) is 8.64. The van der Waals surface area contributed by atoms with Crippen LogP contribution in [0.3, 0.4) is 0 Å². The second-order valence-electron chi connectivity index (χ2n) is 9.13. The lowest BCUT2D eigenvalue weighted by atomic mass is 9.98. The standard InChI is InChI=1S/C22H38N4O7/c1-5-13(4)18(22(32)33)25-19(29)15(8-9-17(27)28)24-20(30)16-7-6-10-26(16)21(31)14(23)11-12(2)3/h12-16,18H,5-11,23H2,1-4H3,(H,24,30)(H,25,29)(H,27,28)(H,32,33). The molecule has 1 rings (SSSR count). The molecule has 0 aromatic carbocycles. The van der Waals surface area contributed by atoms with E-state index in [-0.39, 0.29) is 24.2 Å². The van der Waals surface area contributed by atoms with Gasteiger partial charge in [0.2, 0.25) is 17.7 Å². The van der Waals surface area contributed by atoms with Gasteiger partial charge in [0.05, 0.1) is 6.04 Å². The number of nitrogens with zero attached hydrogens (tertiary/aromatic N) is 1. The van der Waals surface area contributed by atoms with Crippen LogP contribution in [0, 0.1) is 11.8 Å². The molecule has 6 N–H and O–H groups in total. The third-order valence-electron chi connectivity index (χ3n) is 5.94. The van der Waals surface area contributed by atoms with Gasteiger partial charge in [0.15, 0.2) is 0 Å². The Labute approximate surface area is 194 Å². The number of hydrogen-bond acceptors (Lipinski definition) is 6. The van der Waals surface area contributed by atoms with Crippen molar-refractivity contribution in [1.29, 1.82) is 0 Å². The van der Waals surface area contributed by atoms with Crippen LogP contribution in [0.2, 0.25) is 0 Å². The van der Waals surface area contributed by atoms with Gasteiger partial charge >= 0.3 is 11.9 Å². The highest BCUT2D eigenvalue weighted by Gasteiger charge is 2.38. The second kappa shape index (κ2) is 13.1. The molecule has 3 amide bonds. The Morgan fingerprint density at radius 3 is 2.24 bits per heavy atom. The summed E-state index contributed by atoms with van der Waals surface area (Å²) < 4.78 is 0. The average Bonchev–Trinajstić information content (AvgIpc) is 3.22. The summed E-state index contributed by atoms with van der Waals surface area (Å²) in [5.41, 5.74) is 6.01. The van der Waals surface area contributed by atoms with Crippen molar-refractivity contribution in [2.45, 2.75) is 90.4 Å². The number of carbonyl (C=O) groups excluding carboxylic acids is 3. The van der Waals surface area contributed by atoms with Crippen LogP contribution >= 0.6 is 0 Å². The van der Waals surface area contributed by atoms with E-state index in [0.717, 1.165) is 0 Å². The third-order valence-corrected chi connectivity index (χ3v) is 5.94. The van der Waals surface area contributed by atoms with Gasteiger partial charge < -0.3 is 31.5 Å². The summed E-state index contributed by atoms with van der Waals surface area (Å²) in [7, 11) is 0. The molecule has 0 spiro atoms. The van der Waals surface area contributed by atoms with E-state index < -0.39 is 54.3 Å². The molecule has 188 valence electrons. The molecule has 1 fully saturated rings. The van der Waals surface area contributed by atoms with E-state index in [2.05, 4.69) is 10.6 Å². The SMILES string of the molecule is CCC(C)C(NC(=O)C(CCC(=O)O)NC(=O)C1CCCN1C(=O)C(N)CC(C)C)C(=O)O. The minimum Gasteiger partial charge on any atom is -0.481 e. The minimum absolute atomic E-state index is 0.204. The maximum atomic E-state index is 13.0. The molecule has 0 aliphatic carbocycles. The molecule has 1 aliphatic heterocycles. The van der Waals surface area contributed by atoms with Crippen molar-refractivity contribution in [1.82, 2.24) is 15.5 Å². The Morgan fingerprint density at radius 1 is 1.09 bits per heavy atom. The van der Waals surface area contributed by atoms with Crippen molar-refractivity contribution in [2.24, 2.45) is 17.6 Å². The molecular formula is C22H38N4O7. The van der Waals surface area contributed by atoms with Crippen LogP contribution in [0.4, 0.5) is 0 Å². The summed E-state index contributed by atoms with van der Waals surface area (Å²) in [6.45, 7) is 7.70. The van der Waals surface area contributed by atoms with Crippen LogP contribution in [-0.4, -0.2) is 75.5 Å². The van der Waals surface area contributed by atoms with Crippen LogP contribution in [-0.2, 0) is 24.0 Å². The van der Waals surface area contributed by atoms with E-state index in [1.165, 1.54) is 4.90 Å². The Balaban J connectivity index is 2.96. The summed E-state index contributed by atoms with van der Waals surface area (Å²) >= 11 is 0. The molecule has 0 saturated carbocycles. The van der Waals surface area contributed by atoms with Crippen LogP contribution in [0.5, 0.6) is 0 Å². The van der Waals surface area contributed by atoms with Crippen molar-refractivity contribution >= 4 is 29.7 Å². The van der Waals surface area contributed by atoms with Crippen LogP contribution in [0.1, 0.15) is 66.2 Å². The summed E-state index contributed by atoms with van der Waals surface area (Å²) in [5, 5.41) is 23.4. The predicted octanol–water partition coefficient (Wildman–Crippen LogP) is 0.316. The maximum Gasteiger partial charge on any atom is 0.326 e. The molecule has 33 heavy (non-hydrogen) atoms. The largest absolute Gasteiger partial charge is 0.481 e. The number of nitrogens with two attached hydrogens (primary N) is 1. The number of nitrogens with one attached hydrogen (secondary N) is 2. The first kappa shape index (κ1) is 28.3. The van der Waals surface area contributed by atoms with E-state index in [4.69, 9.17) is 10.8 Å². The summed E-state index contributed by atoms with van der Waals surface area (Å²) in [5.74, 6) is -4.23. The van der Waals surface area contributed by atoms with Crippen molar-refractivity contribution in [3.63, 3.8) is 0 Å². The molecular weight excluding hydrogens is 432 g/mol. The van der Waals surface area contributed by atoms with Gasteiger partial charge in [0, 0.05) is 13.0 Å². The Hall–Kier alpha value is -2.69. The zero-order chi connectivity index (χ0) is 25.3.